The number of nitrogens with one attached hydrogen (secondary N) is 1. The third-order valence-corrected chi connectivity index (χ3v) is 5.60. The maximum atomic E-state index is 13.1. The number of benzene rings is 3. The molecule has 0 bridgehead atoms. The number of amides is 1. The number of carbonyl (C=O) groups is 1. The minimum atomic E-state index is -0.551. The molecular weight excluding hydrogens is 374 g/mol. The zero-order chi connectivity index (χ0) is 21.3. The third kappa shape index (κ3) is 4.28. The van der Waals surface area contributed by atoms with Crippen LogP contribution in [-0.4, -0.2) is 17.6 Å². The number of ether oxygens (including phenoxy) is 2. The quantitative estimate of drug-likeness (QED) is 0.592. The Balaban J connectivity index is 1.53. The summed E-state index contributed by atoms with van der Waals surface area (Å²) < 4.78 is 12.2. The molecule has 4 rings (SSSR count). The van der Waals surface area contributed by atoms with Crippen LogP contribution in [-0.2, 0) is 4.79 Å². The number of rotatable bonds is 5. The summed E-state index contributed by atoms with van der Waals surface area (Å²) in [5, 5.41) is 5.47. The second-order valence-electron chi connectivity index (χ2n) is 8.69. The van der Waals surface area contributed by atoms with Crippen molar-refractivity contribution in [2.75, 3.05) is 0 Å². The van der Waals surface area contributed by atoms with Gasteiger partial charge in [-0.05, 0) is 56.2 Å². The first kappa shape index (κ1) is 20.3. The van der Waals surface area contributed by atoms with E-state index in [-0.39, 0.29) is 17.6 Å². The lowest BCUT2D eigenvalue weighted by Gasteiger charge is -2.38. The van der Waals surface area contributed by atoms with Crippen molar-refractivity contribution in [3.05, 3.63) is 71.8 Å². The molecule has 3 aromatic rings. The molecule has 3 aromatic carbocycles. The molecule has 1 aliphatic heterocycles. The molecular formula is C26H29NO3. The molecule has 156 valence electrons. The van der Waals surface area contributed by atoms with Gasteiger partial charge in [-0.25, -0.2) is 0 Å². The normalized spacial score (nSPS) is 18.2. The van der Waals surface area contributed by atoms with E-state index in [9.17, 15) is 4.79 Å². The lowest BCUT2D eigenvalue weighted by molar-refractivity contribution is -0.129. The highest BCUT2D eigenvalue weighted by Gasteiger charge is 2.35. The van der Waals surface area contributed by atoms with Gasteiger partial charge in [0.15, 0.2) is 6.10 Å². The number of hydrogen-bond acceptors (Lipinski definition) is 3. The van der Waals surface area contributed by atoms with E-state index in [1.165, 1.54) is 0 Å². The molecule has 0 aliphatic carbocycles. The monoisotopic (exact) mass is 403 g/mol. The second-order valence-corrected chi connectivity index (χ2v) is 8.69. The van der Waals surface area contributed by atoms with Crippen LogP contribution in [0.15, 0.2) is 60.7 Å². The zero-order valence-electron chi connectivity index (χ0n) is 18.1. The van der Waals surface area contributed by atoms with Crippen LogP contribution in [0.1, 0.15) is 50.8 Å². The van der Waals surface area contributed by atoms with E-state index >= 15 is 0 Å². The first-order valence-corrected chi connectivity index (χ1v) is 10.6. The van der Waals surface area contributed by atoms with E-state index in [1.807, 2.05) is 55.5 Å². The Morgan fingerprint density at radius 1 is 1.13 bits per heavy atom. The molecule has 0 saturated carbocycles. The Morgan fingerprint density at radius 3 is 2.67 bits per heavy atom. The lowest BCUT2D eigenvalue weighted by Crippen LogP contribution is -2.45. The summed E-state index contributed by atoms with van der Waals surface area (Å²) in [6.07, 6.45) is 0.749. The molecule has 4 nitrogen and oxygen atoms in total. The molecule has 1 N–H and O–H groups in total. The van der Waals surface area contributed by atoms with Crippen LogP contribution in [0.5, 0.6) is 11.5 Å². The van der Waals surface area contributed by atoms with Crippen LogP contribution < -0.4 is 14.8 Å². The first-order valence-electron chi connectivity index (χ1n) is 10.6. The maximum absolute atomic E-state index is 13.1. The Kier molecular flexibility index (Phi) is 5.42. The predicted molar refractivity (Wildman–Crippen MR) is 120 cm³/mol. The maximum Gasteiger partial charge on any atom is 0.261 e. The van der Waals surface area contributed by atoms with Crippen LogP contribution in [0.4, 0.5) is 0 Å². The summed E-state index contributed by atoms with van der Waals surface area (Å²) in [6.45, 7) is 8.13. The smallest absolute Gasteiger partial charge is 0.261 e. The molecule has 1 amide bonds. The minimum absolute atomic E-state index is 0.0965. The van der Waals surface area contributed by atoms with Crippen LogP contribution in [0.3, 0.4) is 0 Å². The predicted octanol–water partition coefficient (Wildman–Crippen LogP) is 5.72. The first-order chi connectivity index (χ1) is 14.3. The number of aryl methyl sites for hydroxylation is 1. The van der Waals surface area contributed by atoms with E-state index in [1.54, 1.807) is 0 Å². The van der Waals surface area contributed by atoms with E-state index in [0.717, 1.165) is 27.6 Å². The average molecular weight is 404 g/mol. The Labute approximate surface area is 178 Å². The summed E-state index contributed by atoms with van der Waals surface area (Å²) >= 11 is 0. The van der Waals surface area contributed by atoms with Gasteiger partial charge in [0.2, 0.25) is 0 Å². The van der Waals surface area contributed by atoms with E-state index < -0.39 is 6.10 Å². The van der Waals surface area contributed by atoms with Crippen molar-refractivity contribution in [1.82, 2.24) is 5.32 Å². The van der Waals surface area contributed by atoms with Gasteiger partial charge in [-0.2, -0.15) is 0 Å². The Bertz CT molecular complexity index is 1070. The largest absolute Gasteiger partial charge is 0.487 e. The molecule has 0 spiro atoms. The van der Waals surface area contributed by atoms with Gasteiger partial charge in [0, 0.05) is 12.0 Å². The lowest BCUT2D eigenvalue weighted by atomic mass is 9.88. The SMILES string of the molecule is CC[C@@H](Oc1ccc2ccccc2c1)C(=O)N[C@H]1CC(C)(C)Oc2ccc(C)cc21. The van der Waals surface area contributed by atoms with Crippen LogP contribution in [0, 0.1) is 6.92 Å². The van der Waals surface area contributed by atoms with E-state index in [0.29, 0.717) is 18.6 Å². The summed E-state index contributed by atoms with van der Waals surface area (Å²) in [5.41, 5.74) is 1.83. The van der Waals surface area contributed by atoms with E-state index in [4.69, 9.17) is 9.47 Å². The zero-order valence-corrected chi connectivity index (χ0v) is 18.1. The third-order valence-electron chi connectivity index (χ3n) is 5.60. The summed E-state index contributed by atoms with van der Waals surface area (Å²) in [7, 11) is 0. The van der Waals surface area contributed by atoms with Gasteiger partial charge >= 0.3 is 0 Å². The topological polar surface area (TPSA) is 47.6 Å². The van der Waals surface area contributed by atoms with Crippen LogP contribution in [0.2, 0.25) is 0 Å². The molecule has 0 radical (unpaired) electrons. The highest BCUT2D eigenvalue weighted by atomic mass is 16.5. The van der Waals surface area contributed by atoms with Gasteiger partial charge in [-0.3, -0.25) is 4.79 Å². The summed E-state index contributed by atoms with van der Waals surface area (Å²) in [5.74, 6) is 1.45. The molecule has 0 aromatic heterocycles. The number of fused-ring (bicyclic) bond motifs is 2. The fourth-order valence-corrected chi connectivity index (χ4v) is 4.09. The second kappa shape index (κ2) is 8.02. The summed E-state index contributed by atoms with van der Waals surface area (Å²) in [4.78, 5) is 13.1. The standard InChI is InChI=1S/C26H29NO3/c1-5-23(29-20-12-11-18-8-6-7-9-19(18)15-20)25(28)27-22-16-26(3,4)30-24-13-10-17(2)14-21(22)24/h6-15,22-23H,5,16H2,1-4H3,(H,27,28)/t22-,23+/m0/s1. The van der Waals surface area contributed by atoms with Crippen LogP contribution in [0.25, 0.3) is 10.8 Å². The minimum Gasteiger partial charge on any atom is -0.487 e. The summed E-state index contributed by atoms with van der Waals surface area (Å²) in [6, 6.07) is 20.1. The average Bonchev–Trinajstić information content (AvgIpc) is 2.71. The van der Waals surface area contributed by atoms with Gasteiger partial charge in [0.05, 0.1) is 6.04 Å². The molecule has 1 aliphatic rings. The van der Waals surface area contributed by atoms with Crippen molar-refractivity contribution in [3.8, 4) is 11.5 Å². The van der Waals surface area contributed by atoms with Gasteiger partial charge in [-0.15, -0.1) is 0 Å². The van der Waals surface area contributed by atoms with Gasteiger partial charge < -0.3 is 14.8 Å². The fourth-order valence-electron chi connectivity index (χ4n) is 4.09. The highest BCUT2D eigenvalue weighted by molar-refractivity contribution is 5.84. The van der Waals surface area contributed by atoms with Gasteiger partial charge in [0.25, 0.3) is 5.91 Å². The van der Waals surface area contributed by atoms with Gasteiger partial charge in [0.1, 0.15) is 17.1 Å². The molecule has 0 saturated heterocycles. The van der Waals surface area contributed by atoms with Crippen molar-refractivity contribution in [2.24, 2.45) is 0 Å². The molecule has 2 atom stereocenters. The van der Waals surface area contributed by atoms with Crippen molar-refractivity contribution in [1.29, 1.82) is 0 Å². The highest BCUT2D eigenvalue weighted by Crippen LogP contribution is 2.40. The molecule has 1 heterocycles. The Morgan fingerprint density at radius 2 is 1.90 bits per heavy atom. The number of carbonyl (C=O) groups excluding carboxylic acids is 1. The van der Waals surface area contributed by atoms with Crippen molar-refractivity contribution in [3.63, 3.8) is 0 Å². The Hall–Kier alpha value is -3.01. The number of hydrogen-bond donors (Lipinski definition) is 1. The van der Waals surface area contributed by atoms with Crippen molar-refractivity contribution >= 4 is 16.7 Å². The molecule has 4 heteroatoms. The molecule has 0 fully saturated rings. The van der Waals surface area contributed by atoms with Crippen LogP contribution >= 0.6 is 0 Å². The van der Waals surface area contributed by atoms with Gasteiger partial charge in [-0.1, -0.05) is 55.0 Å². The van der Waals surface area contributed by atoms with E-state index in [2.05, 4.69) is 38.2 Å². The molecule has 0 unspecified atom stereocenters. The van der Waals surface area contributed by atoms with Crippen molar-refractivity contribution < 1.29 is 14.3 Å². The van der Waals surface area contributed by atoms with Crippen molar-refractivity contribution in [2.45, 2.75) is 58.3 Å². The molecule has 30 heavy (non-hydrogen) atoms. The fraction of sp³-hybridized carbons (Fsp3) is 0.346.